The van der Waals surface area contributed by atoms with Gasteiger partial charge in [-0.2, -0.15) is 0 Å². The van der Waals surface area contributed by atoms with Crippen molar-refractivity contribution in [3.05, 3.63) is 23.8 Å². The fourth-order valence-corrected chi connectivity index (χ4v) is 1.31. The van der Waals surface area contributed by atoms with Crippen molar-refractivity contribution in [2.75, 3.05) is 18.9 Å². The summed E-state index contributed by atoms with van der Waals surface area (Å²) in [4.78, 5) is 11.7. The molecule has 4 nitrogen and oxygen atoms in total. The molecule has 0 saturated carbocycles. The Balaban J connectivity index is 2.95. The van der Waals surface area contributed by atoms with Crippen molar-refractivity contribution in [3.63, 3.8) is 0 Å². The van der Waals surface area contributed by atoms with Gasteiger partial charge in [0.2, 0.25) is 0 Å². The van der Waals surface area contributed by atoms with Crippen LogP contribution in [-0.2, 0) is 4.74 Å². The molecular formula is C12H17NO3. The monoisotopic (exact) mass is 223 g/mol. The quantitative estimate of drug-likeness (QED) is 0.614. The SMILES string of the molecule is CCCOC(=O)c1c(N)cccc1OCC. The Morgan fingerprint density at radius 3 is 2.75 bits per heavy atom. The summed E-state index contributed by atoms with van der Waals surface area (Å²) in [5, 5.41) is 0. The van der Waals surface area contributed by atoms with Crippen molar-refractivity contribution in [1.82, 2.24) is 0 Å². The third-order valence-corrected chi connectivity index (χ3v) is 2.00. The van der Waals surface area contributed by atoms with Crippen molar-refractivity contribution in [2.24, 2.45) is 0 Å². The molecule has 0 spiro atoms. The molecule has 1 rings (SSSR count). The summed E-state index contributed by atoms with van der Waals surface area (Å²) in [7, 11) is 0. The molecule has 0 saturated heterocycles. The molecule has 0 heterocycles. The second-order valence-corrected chi connectivity index (χ2v) is 3.29. The molecule has 0 unspecified atom stereocenters. The lowest BCUT2D eigenvalue weighted by molar-refractivity contribution is 0.0502. The predicted octanol–water partition coefficient (Wildman–Crippen LogP) is 2.23. The molecule has 1 aromatic carbocycles. The zero-order valence-corrected chi connectivity index (χ0v) is 9.66. The van der Waals surface area contributed by atoms with Crippen molar-refractivity contribution in [1.29, 1.82) is 0 Å². The second kappa shape index (κ2) is 6.00. The second-order valence-electron chi connectivity index (χ2n) is 3.29. The Bertz CT molecular complexity index is 363. The number of anilines is 1. The van der Waals surface area contributed by atoms with Crippen molar-refractivity contribution < 1.29 is 14.3 Å². The molecule has 1 aromatic rings. The fourth-order valence-electron chi connectivity index (χ4n) is 1.31. The third-order valence-electron chi connectivity index (χ3n) is 2.00. The van der Waals surface area contributed by atoms with Crippen LogP contribution in [0.4, 0.5) is 5.69 Å². The number of carbonyl (C=O) groups is 1. The summed E-state index contributed by atoms with van der Waals surface area (Å²) in [5.41, 5.74) is 6.44. The average Bonchev–Trinajstić information content (AvgIpc) is 2.26. The van der Waals surface area contributed by atoms with E-state index in [1.807, 2.05) is 13.8 Å². The number of rotatable bonds is 5. The first kappa shape index (κ1) is 12.4. The largest absolute Gasteiger partial charge is 0.493 e. The van der Waals surface area contributed by atoms with Gasteiger partial charge in [-0.15, -0.1) is 0 Å². The van der Waals surface area contributed by atoms with Gasteiger partial charge in [0, 0.05) is 5.69 Å². The van der Waals surface area contributed by atoms with Crippen molar-refractivity contribution >= 4 is 11.7 Å². The fraction of sp³-hybridized carbons (Fsp3) is 0.417. The number of nitrogens with two attached hydrogens (primary N) is 1. The maximum atomic E-state index is 11.7. The maximum absolute atomic E-state index is 11.7. The highest BCUT2D eigenvalue weighted by molar-refractivity contribution is 5.98. The highest BCUT2D eigenvalue weighted by atomic mass is 16.5. The smallest absolute Gasteiger partial charge is 0.344 e. The first-order valence-corrected chi connectivity index (χ1v) is 5.39. The lowest BCUT2D eigenvalue weighted by Crippen LogP contribution is -2.11. The third kappa shape index (κ3) is 2.89. The average molecular weight is 223 g/mol. The van der Waals surface area contributed by atoms with Gasteiger partial charge in [0.15, 0.2) is 0 Å². The van der Waals surface area contributed by atoms with E-state index in [2.05, 4.69) is 0 Å². The number of hydrogen-bond acceptors (Lipinski definition) is 4. The van der Waals surface area contributed by atoms with E-state index in [4.69, 9.17) is 15.2 Å². The normalized spacial score (nSPS) is 9.88. The molecule has 88 valence electrons. The van der Waals surface area contributed by atoms with Gasteiger partial charge in [0.25, 0.3) is 0 Å². The van der Waals surface area contributed by atoms with Crippen LogP contribution in [0.25, 0.3) is 0 Å². The molecule has 0 aliphatic rings. The summed E-state index contributed by atoms with van der Waals surface area (Å²) in [6.45, 7) is 4.66. The Morgan fingerprint density at radius 1 is 1.38 bits per heavy atom. The minimum atomic E-state index is -0.427. The molecule has 0 bridgehead atoms. The van der Waals surface area contributed by atoms with E-state index in [1.165, 1.54) is 0 Å². The lowest BCUT2D eigenvalue weighted by atomic mass is 10.1. The van der Waals surface area contributed by atoms with Crippen LogP contribution in [0.1, 0.15) is 30.6 Å². The zero-order valence-electron chi connectivity index (χ0n) is 9.66. The van der Waals surface area contributed by atoms with E-state index in [-0.39, 0.29) is 0 Å². The van der Waals surface area contributed by atoms with Gasteiger partial charge in [-0.3, -0.25) is 0 Å². The van der Waals surface area contributed by atoms with Gasteiger partial charge >= 0.3 is 5.97 Å². The number of nitrogen functional groups attached to an aromatic ring is 1. The van der Waals surface area contributed by atoms with Crippen LogP contribution >= 0.6 is 0 Å². The molecule has 0 atom stereocenters. The van der Waals surface area contributed by atoms with Gasteiger partial charge < -0.3 is 15.2 Å². The van der Waals surface area contributed by atoms with E-state index in [1.54, 1.807) is 18.2 Å². The Hall–Kier alpha value is -1.71. The van der Waals surface area contributed by atoms with E-state index < -0.39 is 5.97 Å². The van der Waals surface area contributed by atoms with Gasteiger partial charge in [0.05, 0.1) is 13.2 Å². The first-order valence-electron chi connectivity index (χ1n) is 5.39. The summed E-state index contributed by atoms with van der Waals surface area (Å²) in [6.07, 6.45) is 0.780. The molecular weight excluding hydrogens is 206 g/mol. The van der Waals surface area contributed by atoms with Gasteiger partial charge in [-0.1, -0.05) is 13.0 Å². The lowest BCUT2D eigenvalue weighted by Gasteiger charge is -2.11. The Morgan fingerprint density at radius 2 is 2.12 bits per heavy atom. The van der Waals surface area contributed by atoms with Crippen LogP contribution in [0.15, 0.2) is 18.2 Å². The van der Waals surface area contributed by atoms with Gasteiger partial charge in [0.1, 0.15) is 11.3 Å². The number of carbonyl (C=O) groups excluding carboxylic acids is 1. The van der Waals surface area contributed by atoms with Crippen LogP contribution < -0.4 is 10.5 Å². The summed E-state index contributed by atoms with van der Waals surface area (Å²) in [5.74, 6) is 0.0482. The minimum Gasteiger partial charge on any atom is -0.493 e. The van der Waals surface area contributed by atoms with Crippen molar-refractivity contribution in [3.8, 4) is 5.75 Å². The Labute approximate surface area is 95.3 Å². The number of esters is 1. The van der Waals surface area contributed by atoms with Crippen LogP contribution in [0.5, 0.6) is 5.75 Å². The Kier molecular flexibility index (Phi) is 4.64. The standard InChI is InChI=1S/C12H17NO3/c1-3-8-16-12(14)11-9(13)6-5-7-10(11)15-4-2/h5-7H,3-4,8,13H2,1-2H3. The summed E-state index contributed by atoms with van der Waals surface area (Å²) >= 11 is 0. The topological polar surface area (TPSA) is 61.5 Å². The number of hydrogen-bond donors (Lipinski definition) is 1. The van der Waals surface area contributed by atoms with E-state index in [0.29, 0.717) is 30.2 Å². The van der Waals surface area contributed by atoms with E-state index >= 15 is 0 Å². The van der Waals surface area contributed by atoms with Crippen LogP contribution in [0.3, 0.4) is 0 Å². The molecule has 0 fully saturated rings. The molecule has 0 aromatic heterocycles. The van der Waals surface area contributed by atoms with Crippen LogP contribution in [0.2, 0.25) is 0 Å². The molecule has 0 radical (unpaired) electrons. The number of ether oxygens (including phenoxy) is 2. The highest BCUT2D eigenvalue weighted by Gasteiger charge is 2.16. The molecule has 0 aliphatic carbocycles. The first-order chi connectivity index (χ1) is 7.70. The summed E-state index contributed by atoms with van der Waals surface area (Å²) in [6, 6.07) is 5.12. The zero-order chi connectivity index (χ0) is 12.0. The van der Waals surface area contributed by atoms with Gasteiger partial charge in [-0.25, -0.2) is 4.79 Å². The molecule has 16 heavy (non-hydrogen) atoms. The predicted molar refractivity (Wildman–Crippen MR) is 62.6 cm³/mol. The van der Waals surface area contributed by atoms with E-state index in [0.717, 1.165) is 6.42 Å². The van der Waals surface area contributed by atoms with Crippen molar-refractivity contribution in [2.45, 2.75) is 20.3 Å². The number of benzene rings is 1. The highest BCUT2D eigenvalue weighted by Crippen LogP contribution is 2.25. The molecule has 4 heteroatoms. The molecule has 2 N–H and O–H groups in total. The maximum Gasteiger partial charge on any atom is 0.344 e. The van der Waals surface area contributed by atoms with Gasteiger partial charge in [-0.05, 0) is 25.5 Å². The summed E-state index contributed by atoms with van der Waals surface area (Å²) < 4.78 is 10.4. The minimum absolute atomic E-state index is 0.317. The van der Waals surface area contributed by atoms with E-state index in [9.17, 15) is 4.79 Å². The molecule has 0 aliphatic heterocycles. The van der Waals surface area contributed by atoms with Crippen LogP contribution in [0, 0.1) is 0 Å². The van der Waals surface area contributed by atoms with Crippen LogP contribution in [-0.4, -0.2) is 19.2 Å². The molecule has 0 amide bonds.